The van der Waals surface area contributed by atoms with Crippen molar-refractivity contribution in [3.05, 3.63) is 80.5 Å². The van der Waals surface area contributed by atoms with E-state index in [1.807, 2.05) is 35.2 Å². The number of hydrogen-bond donors (Lipinski definition) is 1. The van der Waals surface area contributed by atoms with Gasteiger partial charge in [0.1, 0.15) is 0 Å². The lowest BCUT2D eigenvalue weighted by atomic mass is 9.93. The molecule has 2 heterocycles. The highest BCUT2D eigenvalue weighted by Crippen LogP contribution is 2.34. The molecule has 1 aromatic heterocycles. The van der Waals surface area contributed by atoms with Crippen LogP contribution >= 0.6 is 0 Å². The molecule has 1 saturated heterocycles. The molecular weight excluding hydrogens is 330 g/mol. The third kappa shape index (κ3) is 2.54. The summed E-state index contributed by atoms with van der Waals surface area (Å²) in [6.45, 7) is 2.75. The zero-order valence-electron chi connectivity index (χ0n) is 14.4. The minimum atomic E-state index is -0.458. The Morgan fingerprint density at radius 1 is 1.15 bits per heavy atom. The first-order valence-electron chi connectivity index (χ1n) is 8.73. The molecular formula is C20H19N3O3. The molecule has 0 aliphatic carbocycles. The summed E-state index contributed by atoms with van der Waals surface area (Å²) in [4.78, 5) is 41.8. The van der Waals surface area contributed by atoms with Crippen LogP contribution in [-0.2, 0) is 6.54 Å². The first-order chi connectivity index (χ1) is 12.6. The standard InChI is InChI=1S/C20H19N3O3/c1-2-22-19(25)15-9-8-14(12-16(15)21-20(22)26)18(24)23-11-10-17(23)13-6-4-3-5-7-13/h3-9,12,17H,2,10-11H2,1H3,(H,21,26)/t17-/m1/s1. The highest BCUT2D eigenvalue weighted by atomic mass is 16.2. The normalized spacial score (nSPS) is 16.5. The Morgan fingerprint density at radius 2 is 1.92 bits per heavy atom. The number of carbonyl (C=O) groups excluding carboxylic acids is 1. The van der Waals surface area contributed by atoms with E-state index in [1.54, 1.807) is 25.1 Å². The Bertz CT molecular complexity index is 1100. The van der Waals surface area contributed by atoms with Crippen molar-refractivity contribution < 1.29 is 4.79 Å². The summed E-state index contributed by atoms with van der Waals surface area (Å²) in [5, 5.41) is 0.409. The fourth-order valence-electron chi connectivity index (χ4n) is 3.49. The minimum absolute atomic E-state index is 0.0755. The first-order valence-corrected chi connectivity index (χ1v) is 8.73. The number of nitrogens with one attached hydrogen (secondary N) is 1. The number of likely N-dealkylation sites (tertiary alicyclic amines) is 1. The Labute approximate surface area is 149 Å². The Kier molecular flexibility index (Phi) is 3.95. The number of fused-ring (bicyclic) bond motifs is 1. The van der Waals surface area contributed by atoms with E-state index >= 15 is 0 Å². The second kappa shape index (κ2) is 6.29. The summed E-state index contributed by atoms with van der Waals surface area (Å²) in [6, 6.07) is 14.9. The van der Waals surface area contributed by atoms with Gasteiger partial charge in [0.2, 0.25) is 0 Å². The van der Waals surface area contributed by atoms with Crippen LogP contribution in [0.5, 0.6) is 0 Å². The van der Waals surface area contributed by atoms with Gasteiger partial charge in [0.25, 0.3) is 11.5 Å². The average Bonchev–Trinajstić information content (AvgIpc) is 2.61. The summed E-state index contributed by atoms with van der Waals surface area (Å²) in [7, 11) is 0. The zero-order chi connectivity index (χ0) is 18.3. The van der Waals surface area contributed by atoms with Crippen molar-refractivity contribution in [2.75, 3.05) is 6.54 Å². The van der Waals surface area contributed by atoms with Crippen LogP contribution in [0, 0.1) is 0 Å². The number of benzene rings is 2. The smallest absolute Gasteiger partial charge is 0.328 e. The van der Waals surface area contributed by atoms with Crippen LogP contribution in [0.4, 0.5) is 0 Å². The highest BCUT2D eigenvalue weighted by Gasteiger charge is 2.33. The molecule has 1 amide bonds. The summed E-state index contributed by atoms with van der Waals surface area (Å²) >= 11 is 0. The maximum atomic E-state index is 12.9. The number of carbonyl (C=O) groups is 1. The maximum absolute atomic E-state index is 12.9. The third-order valence-electron chi connectivity index (χ3n) is 5.01. The van der Waals surface area contributed by atoms with Crippen LogP contribution in [0.2, 0.25) is 0 Å². The minimum Gasteiger partial charge on any atom is -0.331 e. The summed E-state index contributed by atoms with van der Waals surface area (Å²) in [6.07, 6.45) is 0.932. The zero-order valence-corrected chi connectivity index (χ0v) is 14.4. The van der Waals surface area contributed by atoms with Crippen LogP contribution in [-0.4, -0.2) is 26.9 Å². The van der Waals surface area contributed by atoms with E-state index in [4.69, 9.17) is 0 Å². The van der Waals surface area contributed by atoms with E-state index in [9.17, 15) is 14.4 Å². The van der Waals surface area contributed by atoms with Gasteiger partial charge in [-0.2, -0.15) is 0 Å². The van der Waals surface area contributed by atoms with Gasteiger partial charge in [0.15, 0.2) is 0 Å². The molecule has 1 atom stereocenters. The fraction of sp³-hybridized carbons (Fsp3) is 0.250. The Morgan fingerprint density at radius 3 is 2.58 bits per heavy atom. The summed E-state index contributed by atoms with van der Waals surface area (Å²) in [5.74, 6) is -0.0903. The molecule has 0 spiro atoms. The second-order valence-electron chi connectivity index (χ2n) is 6.45. The number of nitrogens with zero attached hydrogens (tertiary/aromatic N) is 2. The van der Waals surface area contributed by atoms with Crippen molar-refractivity contribution in [3.8, 4) is 0 Å². The number of hydrogen-bond acceptors (Lipinski definition) is 3. The number of aromatic amines is 1. The molecule has 6 nitrogen and oxygen atoms in total. The van der Waals surface area contributed by atoms with Crippen molar-refractivity contribution in [3.63, 3.8) is 0 Å². The molecule has 0 bridgehead atoms. The van der Waals surface area contributed by atoms with Gasteiger partial charge in [-0.25, -0.2) is 4.79 Å². The molecule has 1 aliphatic rings. The van der Waals surface area contributed by atoms with Crippen LogP contribution < -0.4 is 11.2 Å². The molecule has 1 N–H and O–H groups in total. The van der Waals surface area contributed by atoms with E-state index in [0.29, 0.717) is 29.6 Å². The van der Waals surface area contributed by atoms with Gasteiger partial charge in [-0.3, -0.25) is 14.2 Å². The van der Waals surface area contributed by atoms with Gasteiger partial charge in [-0.15, -0.1) is 0 Å². The largest absolute Gasteiger partial charge is 0.331 e. The Balaban J connectivity index is 1.70. The lowest BCUT2D eigenvalue weighted by molar-refractivity contribution is 0.0460. The van der Waals surface area contributed by atoms with Crippen molar-refractivity contribution in [1.82, 2.24) is 14.5 Å². The molecule has 6 heteroatoms. The van der Waals surface area contributed by atoms with Crippen molar-refractivity contribution in [1.29, 1.82) is 0 Å². The number of aromatic nitrogens is 2. The topological polar surface area (TPSA) is 75.2 Å². The van der Waals surface area contributed by atoms with Crippen LogP contribution in [0.25, 0.3) is 10.9 Å². The molecule has 26 heavy (non-hydrogen) atoms. The molecule has 132 valence electrons. The van der Waals surface area contributed by atoms with Gasteiger partial charge in [-0.1, -0.05) is 30.3 Å². The summed E-state index contributed by atoms with van der Waals surface area (Å²) in [5.41, 5.74) is 1.19. The number of H-pyrrole nitrogens is 1. The third-order valence-corrected chi connectivity index (χ3v) is 5.01. The van der Waals surface area contributed by atoms with Gasteiger partial charge >= 0.3 is 5.69 Å². The molecule has 1 aliphatic heterocycles. The molecule has 2 aromatic carbocycles. The predicted octanol–water partition coefficient (Wildman–Crippen LogP) is 2.30. The maximum Gasteiger partial charge on any atom is 0.328 e. The van der Waals surface area contributed by atoms with E-state index in [0.717, 1.165) is 16.6 Å². The first kappa shape index (κ1) is 16.3. The van der Waals surface area contributed by atoms with Crippen LogP contribution in [0.1, 0.15) is 35.3 Å². The Hall–Kier alpha value is -3.15. The highest BCUT2D eigenvalue weighted by molar-refractivity contribution is 5.98. The lowest BCUT2D eigenvalue weighted by Crippen LogP contribution is -2.45. The quantitative estimate of drug-likeness (QED) is 0.788. The molecule has 1 fully saturated rings. The van der Waals surface area contributed by atoms with Crippen molar-refractivity contribution in [2.45, 2.75) is 25.9 Å². The van der Waals surface area contributed by atoms with Gasteiger partial charge < -0.3 is 9.88 Å². The van der Waals surface area contributed by atoms with E-state index in [1.165, 1.54) is 0 Å². The number of rotatable bonds is 3. The van der Waals surface area contributed by atoms with Crippen LogP contribution in [0.3, 0.4) is 0 Å². The van der Waals surface area contributed by atoms with E-state index in [2.05, 4.69) is 4.98 Å². The van der Waals surface area contributed by atoms with Gasteiger partial charge in [-0.05, 0) is 37.1 Å². The monoisotopic (exact) mass is 349 g/mol. The average molecular weight is 349 g/mol. The molecule has 3 aromatic rings. The van der Waals surface area contributed by atoms with E-state index in [-0.39, 0.29) is 17.5 Å². The van der Waals surface area contributed by atoms with Crippen molar-refractivity contribution in [2.24, 2.45) is 0 Å². The predicted molar refractivity (Wildman–Crippen MR) is 99.3 cm³/mol. The summed E-state index contributed by atoms with van der Waals surface area (Å²) < 4.78 is 1.14. The van der Waals surface area contributed by atoms with E-state index < -0.39 is 5.69 Å². The van der Waals surface area contributed by atoms with Crippen molar-refractivity contribution >= 4 is 16.8 Å². The second-order valence-corrected chi connectivity index (χ2v) is 6.45. The SMILES string of the molecule is CCn1c(=O)[nH]c2cc(C(=O)N3CC[C@@H]3c3ccccc3)ccc2c1=O. The molecule has 0 saturated carbocycles. The molecule has 0 radical (unpaired) electrons. The molecule has 0 unspecified atom stereocenters. The number of amides is 1. The van der Waals surface area contributed by atoms with Gasteiger partial charge in [0, 0.05) is 18.7 Å². The fourth-order valence-corrected chi connectivity index (χ4v) is 3.49. The van der Waals surface area contributed by atoms with Gasteiger partial charge in [0.05, 0.1) is 16.9 Å². The van der Waals surface area contributed by atoms with Crippen LogP contribution in [0.15, 0.2) is 58.1 Å². The lowest BCUT2D eigenvalue weighted by Gasteiger charge is -2.41. The molecule has 4 rings (SSSR count).